The highest BCUT2D eigenvalue weighted by Gasteiger charge is 2.23. The Hall–Kier alpha value is -1.59. The number of rotatable bonds is 5. The van der Waals surface area contributed by atoms with E-state index in [1.54, 1.807) is 6.07 Å². The minimum Gasteiger partial charge on any atom is -0.508 e. The first kappa shape index (κ1) is 18.2. The Labute approximate surface area is 151 Å². The van der Waals surface area contributed by atoms with E-state index < -0.39 is 0 Å². The maximum absolute atomic E-state index is 12.4. The summed E-state index contributed by atoms with van der Waals surface area (Å²) in [5, 5.41) is 9.62. The first-order valence-corrected chi connectivity index (χ1v) is 9.57. The Morgan fingerprint density at radius 1 is 1.20 bits per heavy atom. The number of likely N-dealkylation sites (N-methyl/N-ethyl adjacent to an activating group) is 1. The molecule has 1 aromatic carbocycles. The van der Waals surface area contributed by atoms with Gasteiger partial charge in [0.05, 0.1) is 0 Å². The van der Waals surface area contributed by atoms with Crippen LogP contribution >= 0.6 is 0 Å². The number of phenolic OH excluding ortho intramolecular Hbond substituents is 1. The summed E-state index contributed by atoms with van der Waals surface area (Å²) >= 11 is 0. The van der Waals surface area contributed by atoms with E-state index in [4.69, 9.17) is 0 Å². The molecule has 0 aromatic heterocycles. The van der Waals surface area contributed by atoms with Gasteiger partial charge in [-0.25, -0.2) is 0 Å². The maximum Gasteiger partial charge on any atom is 0.222 e. The monoisotopic (exact) mass is 345 g/mol. The number of benzene rings is 1. The zero-order valence-corrected chi connectivity index (χ0v) is 15.4. The molecule has 2 heterocycles. The first-order chi connectivity index (χ1) is 12.1. The molecule has 138 valence electrons. The molecule has 0 bridgehead atoms. The molecule has 5 nitrogen and oxygen atoms in total. The van der Waals surface area contributed by atoms with Gasteiger partial charge in [0.25, 0.3) is 0 Å². The Kier molecular flexibility index (Phi) is 6.32. The van der Waals surface area contributed by atoms with Crippen molar-refractivity contribution in [2.75, 3.05) is 46.3 Å². The van der Waals surface area contributed by atoms with Crippen LogP contribution in [0.3, 0.4) is 0 Å². The fourth-order valence-electron chi connectivity index (χ4n) is 3.99. The molecule has 3 rings (SSSR count). The molecule has 1 N–H and O–H groups in total. The number of likely N-dealkylation sites (tertiary alicyclic amines) is 1. The number of amides is 1. The van der Waals surface area contributed by atoms with Crippen LogP contribution in [-0.2, 0) is 11.3 Å². The lowest BCUT2D eigenvalue weighted by atomic mass is 9.92. The lowest BCUT2D eigenvalue weighted by Gasteiger charge is -2.34. The van der Waals surface area contributed by atoms with E-state index >= 15 is 0 Å². The molecule has 0 unspecified atom stereocenters. The van der Waals surface area contributed by atoms with Gasteiger partial charge < -0.3 is 14.9 Å². The number of phenols is 1. The predicted molar refractivity (Wildman–Crippen MR) is 99.4 cm³/mol. The molecule has 2 aliphatic heterocycles. The third-order valence-electron chi connectivity index (χ3n) is 5.54. The SMILES string of the molecule is CN1CCN(C(=O)CC[C@H]2CCCN(Cc3cccc(O)c3)C2)CC1. The van der Waals surface area contributed by atoms with Crippen LogP contribution in [0, 0.1) is 5.92 Å². The van der Waals surface area contributed by atoms with E-state index in [0.29, 0.717) is 24.0 Å². The molecule has 0 aliphatic carbocycles. The van der Waals surface area contributed by atoms with Crippen molar-refractivity contribution in [1.29, 1.82) is 0 Å². The van der Waals surface area contributed by atoms with Crippen molar-refractivity contribution in [3.05, 3.63) is 29.8 Å². The zero-order chi connectivity index (χ0) is 17.6. The largest absolute Gasteiger partial charge is 0.508 e. The van der Waals surface area contributed by atoms with Gasteiger partial charge in [-0.1, -0.05) is 12.1 Å². The minimum atomic E-state index is 0.332. The molecule has 1 amide bonds. The number of piperazine rings is 1. The van der Waals surface area contributed by atoms with Crippen LogP contribution in [0.25, 0.3) is 0 Å². The lowest BCUT2D eigenvalue weighted by molar-refractivity contribution is -0.133. The molecule has 5 heteroatoms. The highest BCUT2D eigenvalue weighted by Crippen LogP contribution is 2.23. The number of piperidine rings is 1. The van der Waals surface area contributed by atoms with Crippen LogP contribution in [0.1, 0.15) is 31.2 Å². The summed E-state index contributed by atoms with van der Waals surface area (Å²) < 4.78 is 0. The quantitative estimate of drug-likeness (QED) is 0.888. The van der Waals surface area contributed by atoms with Crippen LogP contribution in [0.5, 0.6) is 5.75 Å². The second-order valence-electron chi connectivity index (χ2n) is 7.64. The fourth-order valence-corrected chi connectivity index (χ4v) is 3.99. The van der Waals surface area contributed by atoms with E-state index in [1.807, 2.05) is 17.0 Å². The summed E-state index contributed by atoms with van der Waals surface area (Å²) in [6, 6.07) is 7.54. The van der Waals surface area contributed by atoms with Gasteiger partial charge in [0, 0.05) is 45.7 Å². The number of carbonyl (C=O) groups excluding carboxylic acids is 1. The number of nitrogens with zero attached hydrogens (tertiary/aromatic N) is 3. The van der Waals surface area contributed by atoms with Crippen molar-refractivity contribution in [1.82, 2.24) is 14.7 Å². The molecule has 1 aromatic rings. The molecular weight excluding hydrogens is 314 g/mol. The van der Waals surface area contributed by atoms with Gasteiger partial charge in [-0.05, 0) is 56.5 Å². The first-order valence-electron chi connectivity index (χ1n) is 9.57. The van der Waals surface area contributed by atoms with Crippen LogP contribution in [0.15, 0.2) is 24.3 Å². The van der Waals surface area contributed by atoms with Crippen LogP contribution in [-0.4, -0.2) is 72.0 Å². The average molecular weight is 345 g/mol. The lowest BCUT2D eigenvalue weighted by Crippen LogP contribution is -2.47. The van der Waals surface area contributed by atoms with E-state index in [0.717, 1.165) is 57.8 Å². The van der Waals surface area contributed by atoms with Crippen LogP contribution < -0.4 is 0 Å². The minimum absolute atomic E-state index is 0.332. The Morgan fingerprint density at radius 3 is 2.76 bits per heavy atom. The van der Waals surface area contributed by atoms with Crippen molar-refractivity contribution in [3.8, 4) is 5.75 Å². The summed E-state index contributed by atoms with van der Waals surface area (Å²) in [6.07, 6.45) is 4.12. The van der Waals surface area contributed by atoms with Gasteiger partial charge in [0.1, 0.15) is 5.75 Å². The number of hydrogen-bond acceptors (Lipinski definition) is 4. The molecule has 0 spiro atoms. The standard InChI is InChI=1S/C20H31N3O2/c1-21-10-12-23(13-11-21)20(25)8-7-17-5-3-9-22(15-17)16-18-4-2-6-19(24)14-18/h2,4,6,14,17,24H,3,5,7-13,15-16H2,1H3/t17-/m1/s1. The van der Waals surface area contributed by atoms with Crippen molar-refractivity contribution in [2.24, 2.45) is 5.92 Å². The Bertz CT molecular complexity index is 570. The Morgan fingerprint density at radius 2 is 2.00 bits per heavy atom. The second-order valence-corrected chi connectivity index (χ2v) is 7.64. The van der Waals surface area contributed by atoms with E-state index in [9.17, 15) is 9.90 Å². The Balaban J connectivity index is 1.43. The smallest absolute Gasteiger partial charge is 0.222 e. The summed E-state index contributed by atoms with van der Waals surface area (Å²) in [7, 11) is 2.12. The van der Waals surface area contributed by atoms with Gasteiger partial charge in [-0.15, -0.1) is 0 Å². The summed E-state index contributed by atoms with van der Waals surface area (Å²) in [4.78, 5) is 19.2. The number of carbonyl (C=O) groups is 1. The summed E-state index contributed by atoms with van der Waals surface area (Å²) in [5.74, 6) is 1.28. The normalized spacial score (nSPS) is 22.9. The molecule has 2 saturated heterocycles. The van der Waals surface area contributed by atoms with E-state index in [-0.39, 0.29) is 0 Å². The topological polar surface area (TPSA) is 47.0 Å². The number of hydrogen-bond donors (Lipinski definition) is 1. The highest BCUT2D eigenvalue weighted by molar-refractivity contribution is 5.76. The second kappa shape index (κ2) is 8.68. The third-order valence-corrected chi connectivity index (χ3v) is 5.54. The third kappa shape index (κ3) is 5.44. The molecule has 2 fully saturated rings. The predicted octanol–water partition coefficient (Wildman–Crippen LogP) is 2.16. The number of aromatic hydroxyl groups is 1. The summed E-state index contributed by atoms with van der Waals surface area (Å²) in [5.41, 5.74) is 1.16. The molecule has 25 heavy (non-hydrogen) atoms. The molecule has 0 radical (unpaired) electrons. The van der Waals surface area contributed by atoms with E-state index in [2.05, 4.69) is 22.9 Å². The molecule has 1 atom stereocenters. The summed E-state index contributed by atoms with van der Waals surface area (Å²) in [6.45, 7) is 6.80. The van der Waals surface area contributed by atoms with Crippen LogP contribution in [0.4, 0.5) is 0 Å². The van der Waals surface area contributed by atoms with Gasteiger partial charge in [0.15, 0.2) is 0 Å². The zero-order valence-electron chi connectivity index (χ0n) is 15.4. The maximum atomic E-state index is 12.4. The average Bonchev–Trinajstić information content (AvgIpc) is 2.61. The highest BCUT2D eigenvalue weighted by atomic mass is 16.3. The van der Waals surface area contributed by atoms with Gasteiger partial charge in [-0.2, -0.15) is 0 Å². The van der Waals surface area contributed by atoms with Crippen molar-refractivity contribution in [3.63, 3.8) is 0 Å². The van der Waals surface area contributed by atoms with E-state index in [1.165, 1.54) is 12.8 Å². The molecular formula is C20H31N3O2. The van der Waals surface area contributed by atoms with Crippen LogP contribution in [0.2, 0.25) is 0 Å². The van der Waals surface area contributed by atoms with Gasteiger partial charge in [0.2, 0.25) is 5.91 Å². The van der Waals surface area contributed by atoms with Gasteiger partial charge >= 0.3 is 0 Å². The van der Waals surface area contributed by atoms with Crippen molar-refractivity contribution < 1.29 is 9.90 Å². The molecule has 2 aliphatic rings. The van der Waals surface area contributed by atoms with Crippen molar-refractivity contribution >= 4 is 5.91 Å². The molecule has 0 saturated carbocycles. The fraction of sp³-hybridized carbons (Fsp3) is 0.650. The van der Waals surface area contributed by atoms with Crippen molar-refractivity contribution in [2.45, 2.75) is 32.2 Å². The van der Waals surface area contributed by atoms with Gasteiger partial charge in [-0.3, -0.25) is 9.69 Å².